The quantitative estimate of drug-likeness (QED) is 0.225. The Balaban J connectivity index is 1.42. The highest BCUT2D eigenvalue weighted by molar-refractivity contribution is 7.92. The summed E-state index contributed by atoms with van der Waals surface area (Å²) in [6.07, 6.45) is 3.97. The van der Waals surface area contributed by atoms with E-state index in [0.29, 0.717) is 18.6 Å². The number of carboxylic acids is 1. The molecule has 0 aliphatic heterocycles. The van der Waals surface area contributed by atoms with Gasteiger partial charge < -0.3 is 20.5 Å². The van der Waals surface area contributed by atoms with Crippen LogP contribution in [0.2, 0.25) is 0 Å². The van der Waals surface area contributed by atoms with Crippen LogP contribution in [0.3, 0.4) is 0 Å². The Bertz CT molecular complexity index is 1860. The van der Waals surface area contributed by atoms with Gasteiger partial charge in [0.05, 0.1) is 24.2 Å². The van der Waals surface area contributed by atoms with Crippen molar-refractivity contribution in [2.75, 3.05) is 12.4 Å². The van der Waals surface area contributed by atoms with E-state index in [-0.39, 0.29) is 33.9 Å². The first-order chi connectivity index (χ1) is 21.1. The van der Waals surface area contributed by atoms with Crippen LogP contribution in [-0.4, -0.2) is 50.0 Å². The molecule has 236 valence electrons. The summed E-state index contributed by atoms with van der Waals surface area (Å²) in [5.41, 5.74) is -6.33. The highest BCUT2D eigenvalue weighted by Gasteiger charge is 2.50. The lowest BCUT2D eigenvalue weighted by molar-refractivity contribution is -0.121. The van der Waals surface area contributed by atoms with Crippen molar-refractivity contribution in [2.24, 2.45) is 17.8 Å². The molecule has 2 bridgehead atoms. The lowest BCUT2D eigenvalue weighted by atomic mass is 9.87. The van der Waals surface area contributed by atoms with Crippen molar-refractivity contribution in [1.29, 1.82) is 0 Å². The molecule has 3 aromatic carbocycles. The molecule has 1 saturated carbocycles. The van der Waals surface area contributed by atoms with Gasteiger partial charge in [-0.1, -0.05) is 24.3 Å². The summed E-state index contributed by atoms with van der Waals surface area (Å²) in [5, 5.41) is 14.4. The maximum atomic E-state index is 15.0. The number of benzene rings is 3. The van der Waals surface area contributed by atoms with Crippen LogP contribution < -0.4 is 15.4 Å². The van der Waals surface area contributed by atoms with Gasteiger partial charge in [0.2, 0.25) is 5.91 Å². The van der Waals surface area contributed by atoms with Gasteiger partial charge in [0.15, 0.2) is 0 Å². The van der Waals surface area contributed by atoms with Crippen LogP contribution in [0.5, 0.6) is 5.75 Å². The number of ether oxygens (including phenoxy) is 1. The fourth-order valence-electron chi connectivity index (χ4n) is 5.69. The van der Waals surface area contributed by atoms with E-state index in [9.17, 15) is 45.5 Å². The van der Waals surface area contributed by atoms with E-state index in [1.165, 1.54) is 37.4 Å². The van der Waals surface area contributed by atoms with Crippen molar-refractivity contribution in [3.8, 4) is 16.9 Å². The first kappa shape index (κ1) is 31.6. The van der Waals surface area contributed by atoms with Crippen molar-refractivity contribution < 1.29 is 54.6 Å². The van der Waals surface area contributed by atoms with Crippen molar-refractivity contribution in [3.63, 3.8) is 0 Å². The third-order valence-electron chi connectivity index (χ3n) is 7.81. The highest BCUT2D eigenvalue weighted by Crippen LogP contribution is 2.45. The average molecular weight is 651 g/mol. The summed E-state index contributed by atoms with van der Waals surface area (Å²) in [6.45, 7) is 0. The number of hydrogen-bond acceptors (Lipinski definition) is 6. The fourth-order valence-corrected chi connectivity index (χ4v) is 6.54. The Morgan fingerprint density at radius 1 is 0.956 bits per heavy atom. The molecule has 5 rings (SSSR count). The molecule has 3 aromatic rings. The fraction of sp³-hybridized carbons (Fsp3) is 0.233. The minimum absolute atomic E-state index is 0.0906. The molecule has 0 heterocycles. The number of nitrogens with one attached hydrogen (secondary N) is 2. The number of carboxylic acid groups (broad SMARTS) is 1. The lowest BCUT2D eigenvalue weighted by Crippen LogP contribution is -2.47. The third kappa shape index (κ3) is 5.87. The number of halogens is 5. The second-order valence-electron chi connectivity index (χ2n) is 10.5. The number of allylic oxidation sites excluding steroid dienone is 1. The maximum absolute atomic E-state index is 15.0. The Labute approximate surface area is 252 Å². The predicted molar refractivity (Wildman–Crippen MR) is 149 cm³/mol. The van der Waals surface area contributed by atoms with Crippen molar-refractivity contribution >= 4 is 33.3 Å². The lowest BCUT2D eigenvalue weighted by Gasteiger charge is -2.28. The van der Waals surface area contributed by atoms with Gasteiger partial charge in [-0.2, -0.15) is 13.2 Å². The number of amides is 2. The molecule has 0 spiro atoms. The number of hydrogen-bond donors (Lipinski definition) is 3. The van der Waals surface area contributed by atoms with Crippen LogP contribution in [0.15, 0.2) is 71.6 Å². The monoisotopic (exact) mass is 650 g/mol. The Morgan fingerprint density at radius 2 is 1.67 bits per heavy atom. The standard InChI is InChI=1S/C30H23F5N2O7S/c1-44-23-13-22(32)19(14-3-2-4-17(9-14)29(40)41)12-20(23)27(38)37-26-16-6-5-15(10-16)25(26)28(39)36-18-7-8-21(31)24(11-18)45(42,43)30(33,34)35/h2-9,11-13,15-16,25-26H,10H2,1H3,(H,36,39)(H,37,38)(H,40,41)/t15-,16+,25+,26-/m1/s1. The van der Waals surface area contributed by atoms with E-state index in [0.717, 1.165) is 12.1 Å². The number of anilines is 1. The van der Waals surface area contributed by atoms with Crippen LogP contribution in [0.1, 0.15) is 27.1 Å². The van der Waals surface area contributed by atoms with Crippen LogP contribution >= 0.6 is 0 Å². The molecule has 1 fully saturated rings. The minimum atomic E-state index is -6.05. The molecule has 2 amide bonds. The van der Waals surface area contributed by atoms with E-state index in [1.54, 1.807) is 12.2 Å². The van der Waals surface area contributed by atoms with E-state index in [1.807, 2.05) is 0 Å². The molecule has 0 unspecified atom stereocenters. The number of aromatic carboxylic acids is 1. The molecule has 15 heteroatoms. The summed E-state index contributed by atoms with van der Waals surface area (Å²) >= 11 is 0. The van der Waals surface area contributed by atoms with E-state index in [4.69, 9.17) is 4.74 Å². The normalized spacial score (nSPS) is 20.6. The van der Waals surface area contributed by atoms with Crippen LogP contribution in [0.25, 0.3) is 11.1 Å². The molecule has 0 saturated heterocycles. The Morgan fingerprint density at radius 3 is 2.33 bits per heavy atom. The molecule has 3 N–H and O–H groups in total. The van der Waals surface area contributed by atoms with Gasteiger partial charge in [0, 0.05) is 23.4 Å². The summed E-state index contributed by atoms with van der Waals surface area (Å²) in [6, 6.07) is 8.48. The van der Waals surface area contributed by atoms with Gasteiger partial charge in [0.25, 0.3) is 15.7 Å². The SMILES string of the molecule is COc1cc(F)c(-c2cccc(C(=O)O)c2)cc1C(=O)N[C@H]1[C@@H](C(=O)Nc2ccc(F)c(S(=O)(=O)C(F)(F)F)c2)[C@@H]2C=C[C@H]1C2. The van der Waals surface area contributed by atoms with Crippen LogP contribution in [-0.2, 0) is 14.6 Å². The number of carbonyl (C=O) groups excluding carboxylic acids is 2. The number of methoxy groups -OCH3 is 1. The smallest absolute Gasteiger partial charge is 0.496 e. The zero-order chi connectivity index (χ0) is 32.8. The molecular weight excluding hydrogens is 627 g/mol. The van der Waals surface area contributed by atoms with E-state index < -0.39 is 73.2 Å². The zero-order valence-corrected chi connectivity index (χ0v) is 23.9. The summed E-state index contributed by atoms with van der Waals surface area (Å²) in [4.78, 5) is 36.7. The van der Waals surface area contributed by atoms with Crippen molar-refractivity contribution in [2.45, 2.75) is 22.9 Å². The van der Waals surface area contributed by atoms with Gasteiger partial charge in [-0.25, -0.2) is 22.0 Å². The molecule has 2 aliphatic rings. The van der Waals surface area contributed by atoms with Crippen LogP contribution in [0.4, 0.5) is 27.6 Å². The number of fused-ring (bicyclic) bond motifs is 2. The van der Waals surface area contributed by atoms with Crippen LogP contribution in [0, 0.1) is 29.4 Å². The molecular formula is C30H23F5N2O7S. The zero-order valence-electron chi connectivity index (χ0n) is 23.1. The van der Waals surface area contributed by atoms with Crippen molar-refractivity contribution in [1.82, 2.24) is 5.32 Å². The number of rotatable bonds is 8. The highest BCUT2D eigenvalue weighted by atomic mass is 32.2. The molecule has 0 radical (unpaired) electrons. The summed E-state index contributed by atoms with van der Waals surface area (Å²) in [5.74, 6) is -7.05. The van der Waals surface area contributed by atoms with Gasteiger partial charge in [-0.3, -0.25) is 9.59 Å². The average Bonchev–Trinajstić information content (AvgIpc) is 3.59. The summed E-state index contributed by atoms with van der Waals surface area (Å²) < 4.78 is 97.2. The summed E-state index contributed by atoms with van der Waals surface area (Å²) in [7, 11) is -4.84. The second-order valence-corrected chi connectivity index (χ2v) is 12.4. The van der Waals surface area contributed by atoms with Crippen molar-refractivity contribution in [3.05, 3.63) is 89.5 Å². The third-order valence-corrected chi connectivity index (χ3v) is 9.31. The van der Waals surface area contributed by atoms with Gasteiger partial charge in [-0.05, 0) is 60.2 Å². The van der Waals surface area contributed by atoms with E-state index >= 15 is 4.39 Å². The minimum Gasteiger partial charge on any atom is -0.496 e. The molecule has 9 nitrogen and oxygen atoms in total. The molecule has 45 heavy (non-hydrogen) atoms. The van der Waals surface area contributed by atoms with E-state index in [2.05, 4.69) is 10.6 Å². The second kappa shape index (κ2) is 11.6. The first-order valence-corrected chi connectivity index (χ1v) is 14.7. The molecule has 2 aliphatic carbocycles. The van der Waals surface area contributed by atoms with Gasteiger partial charge in [-0.15, -0.1) is 0 Å². The van der Waals surface area contributed by atoms with Gasteiger partial charge in [0.1, 0.15) is 22.3 Å². The largest absolute Gasteiger partial charge is 0.502 e. The topological polar surface area (TPSA) is 139 Å². The maximum Gasteiger partial charge on any atom is 0.502 e. The van der Waals surface area contributed by atoms with Gasteiger partial charge >= 0.3 is 11.5 Å². The Kier molecular flexibility index (Phi) is 8.16. The predicted octanol–water partition coefficient (Wildman–Crippen LogP) is 5.19. The number of carbonyl (C=O) groups is 3. The number of alkyl halides is 3. The molecule has 0 aromatic heterocycles. The Hall–Kier alpha value is -4.79. The molecule has 4 atom stereocenters. The first-order valence-electron chi connectivity index (χ1n) is 13.2. The number of sulfone groups is 1.